The molecule has 0 fully saturated rings. The van der Waals surface area contributed by atoms with Gasteiger partial charge in [0.1, 0.15) is 0 Å². The minimum Gasteiger partial charge on any atom is -0.286 e. The third kappa shape index (κ3) is 3.16. The van der Waals surface area contributed by atoms with Crippen molar-refractivity contribution in [2.24, 2.45) is 0 Å². The fraction of sp³-hybridized carbons (Fsp3) is 0. The molecule has 0 unspecified atom stereocenters. The molecule has 6 radical (unpaired) electrons. The van der Waals surface area contributed by atoms with Gasteiger partial charge in [0.05, 0.1) is 0 Å². The molecule has 0 aromatic carbocycles. The van der Waals surface area contributed by atoms with Crippen LogP contribution in [0.4, 0.5) is 0 Å². The molecule has 0 saturated heterocycles. The minimum absolute atomic E-state index is 0. The fourth-order valence-electron chi connectivity index (χ4n) is 0.215. The van der Waals surface area contributed by atoms with Gasteiger partial charge < -0.3 is 0 Å². The van der Waals surface area contributed by atoms with E-state index in [-0.39, 0.29) is 16.8 Å². The third-order valence-electron chi connectivity index (χ3n) is 0.406. The molecule has 2 nitrogen and oxygen atoms in total. The van der Waals surface area contributed by atoms with E-state index in [1.807, 2.05) is 6.07 Å². The van der Waals surface area contributed by atoms with Gasteiger partial charge in [0.25, 0.3) is 0 Å². The van der Waals surface area contributed by atoms with Gasteiger partial charge in [-0.1, -0.05) is 0 Å². The number of hydrogen-bond donors (Lipinski definition) is 1. The SMILES string of the molecule is [B].[B].c1cn[nH]c1. The molecule has 7 heavy (non-hydrogen) atoms. The zero-order valence-corrected chi connectivity index (χ0v) is 3.83. The van der Waals surface area contributed by atoms with Crippen molar-refractivity contribution in [2.45, 2.75) is 0 Å². The van der Waals surface area contributed by atoms with Crippen LogP contribution in [0.3, 0.4) is 0 Å². The van der Waals surface area contributed by atoms with Crippen LogP contribution in [0.1, 0.15) is 0 Å². The Balaban J connectivity index is 0. The summed E-state index contributed by atoms with van der Waals surface area (Å²) in [6, 6.07) is 1.83. The van der Waals surface area contributed by atoms with Gasteiger partial charge in [-0.3, -0.25) is 5.10 Å². The van der Waals surface area contributed by atoms with Gasteiger partial charge in [-0.15, -0.1) is 0 Å². The molecule has 1 N–H and O–H groups in total. The minimum atomic E-state index is 0. The molecule has 0 bridgehead atoms. The van der Waals surface area contributed by atoms with E-state index >= 15 is 0 Å². The monoisotopic (exact) mass is 90.1 g/mol. The Kier molecular flexibility index (Phi) is 7.32. The Bertz CT molecular complexity index is 67.4. The standard InChI is InChI=1S/C3H4N2.2B/c1-2-4-5-3-1;;/h1-3H,(H,4,5);;. The topological polar surface area (TPSA) is 28.7 Å². The number of H-pyrrole nitrogens is 1. The predicted molar refractivity (Wildman–Crippen MR) is 30.1 cm³/mol. The fourth-order valence-corrected chi connectivity index (χ4v) is 0.215. The second kappa shape index (κ2) is 5.34. The Hall–Kier alpha value is -0.660. The van der Waals surface area contributed by atoms with Crippen LogP contribution in [0.15, 0.2) is 18.5 Å². The molecule has 1 rings (SSSR count). The van der Waals surface area contributed by atoms with Gasteiger partial charge in [0, 0.05) is 29.2 Å². The molecule has 4 heteroatoms. The molecule has 1 heterocycles. The van der Waals surface area contributed by atoms with Crippen molar-refractivity contribution in [3.63, 3.8) is 0 Å². The van der Waals surface area contributed by atoms with E-state index in [0.29, 0.717) is 0 Å². The number of nitrogens with zero attached hydrogens (tertiary/aromatic N) is 1. The second-order valence-corrected chi connectivity index (χ2v) is 0.766. The quantitative estimate of drug-likeness (QED) is 0.433. The highest BCUT2D eigenvalue weighted by Gasteiger charge is 1.56. The summed E-state index contributed by atoms with van der Waals surface area (Å²) in [7, 11) is 0. The van der Waals surface area contributed by atoms with Crippen LogP contribution >= 0.6 is 0 Å². The van der Waals surface area contributed by atoms with Crippen molar-refractivity contribution in [1.82, 2.24) is 10.2 Å². The smallest absolute Gasteiger partial charge is 0.0487 e. The van der Waals surface area contributed by atoms with Crippen molar-refractivity contribution in [1.29, 1.82) is 0 Å². The molecule has 0 saturated carbocycles. The normalized spacial score (nSPS) is 5.71. The first-order valence-electron chi connectivity index (χ1n) is 1.44. The Morgan fingerprint density at radius 1 is 1.29 bits per heavy atom. The van der Waals surface area contributed by atoms with Gasteiger partial charge in [0.2, 0.25) is 0 Å². The van der Waals surface area contributed by atoms with E-state index in [9.17, 15) is 0 Å². The number of aromatic nitrogens is 2. The van der Waals surface area contributed by atoms with E-state index < -0.39 is 0 Å². The van der Waals surface area contributed by atoms with Gasteiger partial charge in [0.15, 0.2) is 0 Å². The number of aromatic amines is 1. The van der Waals surface area contributed by atoms with E-state index in [0.717, 1.165) is 0 Å². The van der Waals surface area contributed by atoms with E-state index in [4.69, 9.17) is 0 Å². The largest absolute Gasteiger partial charge is 0.286 e. The van der Waals surface area contributed by atoms with Crippen LogP contribution in [-0.4, -0.2) is 27.0 Å². The van der Waals surface area contributed by atoms with Crippen LogP contribution in [0, 0.1) is 0 Å². The van der Waals surface area contributed by atoms with Gasteiger partial charge in [-0.2, -0.15) is 5.10 Å². The van der Waals surface area contributed by atoms with Crippen LogP contribution in [0.25, 0.3) is 0 Å². The number of hydrogen-bond acceptors (Lipinski definition) is 1. The van der Waals surface area contributed by atoms with Crippen LogP contribution in [0.5, 0.6) is 0 Å². The number of rotatable bonds is 0. The van der Waals surface area contributed by atoms with Crippen molar-refractivity contribution >= 4 is 16.8 Å². The van der Waals surface area contributed by atoms with E-state index in [2.05, 4.69) is 10.2 Å². The van der Waals surface area contributed by atoms with Gasteiger partial charge >= 0.3 is 0 Å². The first-order chi connectivity index (χ1) is 2.50. The van der Waals surface area contributed by atoms with Crippen LogP contribution < -0.4 is 0 Å². The molecular formula is C3H4B2N2. The summed E-state index contributed by atoms with van der Waals surface area (Å²) in [4.78, 5) is 0. The second-order valence-electron chi connectivity index (χ2n) is 0.766. The summed E-state index contributed by atoms with van der Waals surface area (Å²) in [5.41, 5.74) is 0. The lowest BCUT2D eigenvalue weighted by Gasteiger charge is -1.49. The van der Waals surface area contributed by atoms with Crippen LogP contribution in [0.2, 0.25) is 0 Å². The third-order valence-corrected chi connectivity index (χ3v) is 0.406. The average Bonchev–Trinajstić information content (AvgIpc) is 1.76. The summed E-state index contributed by atoms with van der Waals surface area (Å²) in [6.45, 7) is 0. The molecule has 32 valence electrons. The van der Waals surface area contributed by atoms with Crippen molar-refractivity contribution in [3.8, 4) is 0 Å². The van der Waals surface area contributed by atoms with Crippen LogP contribution in [-0.2, 0) is 0 Å². The molecule has 0 aliphatic rings. The summed E-state index contributed by atoms with van der Waals surface area (Å²) in [5.74, 6) is 0. The lowest BCUT2D eigenvalue weighted by atomic mass is 10.8. The van der Waals surface area contributed by atoms with E-state index in [1.165, 1.54) is 0 Å². The zero-order valence-electron chi connectivity index (χ0n) is 3.83. The maximum absolute atomic E-state index is 3.60. The lowest BCUT2D eigenvalue weighted by molar-refractivity contribution is 1.09. The predicted octanol–water partition coefficient (Wildman–Crippen LogP) is -0.352. The van der Waals surface area contributed by atoms with Crippen molar-refractivity contribution in [3.05, 3.63) is 18.5 Å². The lowest BCUT2D eigenvalue weighted by Crippen LogP contribution is -1.53. The maximum atomic E-state index is 3.60. The highest BCUT2D eigenvalue weighted by molar-refractivity contribution is 5.76. The van der Waals surface area contributed by atoms with Gasteiger partial charge in [-0.05, 0) is 6.07 Å². The summed E-state index contributed by atoms with van der Waals surface area (Å²) < 4.78 is 0. The molecule has 0 spiro atoms. The van der Waals surface area contributed by atoms with E-state index in [1.54, 1.807) is 12.4 Å². The van der Waals surface area contributed by atoms with Gasteiger partial charge in [-0.25, -0.2) is 0 Å². The molecular weight excluding hydrogens is 85.7 g/mol. The first kappa shape index (κ1) is 9.60. The summed E-state index contributed by atoms with van der Waals surface area (Å²) in [5, 5.41) is 6.21. The highest BCUT2D eigenvalue weighted by Crippen LogP contribution is 1.64. The molecule has 0 amide bonds. The summed E-state index contributed by atoms with van der Waals surface area (Å²) >= 11 is 0. The molecule has 1 aromatic heterocycles. The summed E-state index contributed by atoms with van der Waals surface area (Å²) in [6.07, 6.45) is 3.46. The number of nitrogens with one attached hydrogen (secondary N) is 1. The molecule has 1 aromatic rings. The molecule has 0 atom stereocenters. The Labute approximate surface area is 46.5 Å². The molecule has 0 aliphatic heterocycles. The molecule has 0 aliphatic carbocycles. The average molecular weight is 89.7 g/mol. The Morgan fingerprint density at radius 2 is 2.00 bits per heavy atom. The first-order valence-corrected chi connectivity index (χ1v) is 1.44. The van der Waals surface area contributed by atoms with Crippen molar-refractivity contribution in [2.75, 3.05) is 0 Å². The zero-order chi connectivity index (χ0) is 3.54. The van der Waals surface area contributed by atoms with Crippen molar-refractivity contribution < 1.29 is 0 Å². The highest BCUT2D eigenvalue weighted by atomic mass is 15.1. The Morgan fingerprint density at radius 3 is 2.14 bits per heavy atom. The maximum Gasteiger partial charge on any atom is 0.0487 e.